The molecule has 2 N–H and O–H groups in total. The largest absolute Gasteiger partial charge is 0.504 e. The Hall–Kier alpha value is -2.95. The van der Waals surface area contributed by atoms with Gasteiger partial charge in [-0.05, 0) is 29.8 Å². The zero-order chi connectivity index (χ0) is 15.9. The van der Waals surface area contributed by atoms with Crippen molar-refractivity contribution in [3.05, 3.63) is 47.5 Å². The highest BCUT2D eigenvalue weighted by atomic mass is 16.5. The van der Waals surface area contributed by atoms with E-state index in [1.165, 1.54) is 13.2 Å². The van der Waals surface area contributed by atoms with Crippen molar-refractivity contribution in [2.24, 2.45) is 0 Å². The fraction of sp³-hybridized carbons (Fsp3) is 0.118. The molecule has 0 aromatic heterocycles. The van der Waals surface area contributed by atoms with E-state index in [-0.39, 0.29) is 23.2 Å². The summed E-state index contributed by atoms with van der Waals surface area (Å²) in [6.07, 6.45) is 1.67. The molecule has 0 saturated carbocycles. The number of para-hydroxylation sites is 1. The third-order valence-corrected chi connectivity index (χ3v) is 3.70. The molecular weight excluding hydrogens is 282 g/mol. The van der Waals surface area contributed by atoms with Crippen molar-refractivity contribution in [3.63, 3.8) is 0 Å². The predicted octanol–water partition coefficient (Wildman–Crippen LogP) is 2.62. The number of benzene rings is 2. The second-order valence-electron chi connectivity index (χ2n) is 5.03. The molecule has 0 saturated heterocycles. The minimum Gasteiger partial charge on any atom is -0.504 e. The van der Waals surface area contributed by atoms with Gasteiger partial charge < -0.3 is 19.8 Å². The summed E-state index contributed by atoms with van der Waals surface area (Å²) in [5.74, 6) is -0.579. The number of nitrogens with zero attached hydrogens (tertiary/aromatic N) is 1. The van der Waals surface area contributed by atoms with Crippen molar-refractivity contribution in [3.8, 4) is 17.2 Å². The summed E-state index contributed by atoms with van der Waals surface area (Å²) in [6, 6.07) is 10.5. The van der Waals surface area contributed by atoms with Gasteiger partial charge in [0, 0.05) is 18.2 Å². The monoisotopic (exact) mass is 297 g/mol. The molecule has 2 aromatic carbocycles. The Labute approximate surface area is 127 Å². The highest BCUT2D eigenvalue weighted by Gasteiger charge is 2.29. The topological polar surface area (TPSA) is 70.0 Å². The zero-order valence-electron chi connectivity index (χ0n) is 12.2. The number of hydrogen-bond donors (Lipinski definition) is 2. The molecule has 22 heavy (non-hydrogen) atoms. The number of hydrogen-bond acceptors (Lipinski definition) is 4. The van der Waals surface area contributed by atoms with E-state index in [9.17, 15) is 15.0 Å². The maximum atomic E-state index is 12.4. The van der Waals surface area contributed by atoms with Gasteiger partial charge in [0.1, 0.15) is 0 Å². The number of carbonyl (C=O) groups is 1. The van der Waals surface area contributed by atoms with Crippen molar-refractivity contribution >= 4 is 23.2 Å². The molecule has 0 aliphatic carbocycles. The average molecular weight is 297 g/mol. The quantitative estimate of drug-likeness (QED) is 0.660. The van der Waals surface area contributed by atoms with Crippen LogP contribution in [0.1, 0.15) is 11.1 Å². The summed E-state index contributed by atoms with van der Waals surface area (Å²) in [6.45, 7) is 0. The van der Waals surface area contributed by atoms with E-state index in [1.54, 1.807) is 24.1 Å². The summed E-state index contributed by atoms with van der Waals surface area (Å²) < 4.78 is 5.01. The Morgan fingerprint density at radius 3 is 2.64 bits per heavy atom. The number of phenolic OH excluding ortho intramolecular Hbond substituents is 2. The van der Waals surface area contributed by atoms with E-state index in [4.69, 9.17) is 4.74 Å². The second kappa shape index (κ2) is 5.11. The molecule has 5 nitrogen and oxygen atoms in total. The molecule has 1 aliphatic rings. The van der Waals surface area contributed by atoms with Crippen molar-refractivity contribution in [2.75, 3.05) is 19.1 Å². The SMILES string of the molecule is COc1cc(/C=C2/C(=O)N(C)c3ccccc32)cc(O)c1O. The molecule has 0 fully saturated rings. The van der Waals surface area contributed by atoms with Gasteiger partial charge in [-0.1, -0.05) is 18.2 Å². The third-order valence-electron chi connectivity index (χ3n) is 3.70. The molecule has 0 spiro atoms. The second-order valence-corrected chi connectivity index (χ2v) is 5.03. The van der Waals surface area contributed by atoms with Gasteiger partial charge in [0.25, 0.3) is 5.91 Å². The summed E-state index contributed by atoms with van der Waals surface area (Å²) in [7, 11) is 3.12. The van der Waals surface area contributed by atoms with Crippen LogP contribution >= 0.6 is 0 Å². The fourth-order valence-corrected chi connectivity index (χ4v) is 2.56. The van der Waals surface area contributed by atoms with Crippen molar-refractivity contribution < 1.29 is 19.7 Å². The maximum Gasteiger partial charge on any atom is 0.258 e. The molecule has 1 amide bonds. The number of carbonyl (C=O) groups excluding carboxylic acids is 1. The molecule has 3 rings (SSSR count). The van der Waals surface area contributed by atoms with Gasteiger partial charge in [0.05, 0.1) is 12.8 Å². The number of amides is 1. The third kappa shape index (κ3) is 2.07. The molecule has 0 bridgehead atoms. The lowest BCUT2D eigenvalue weighted by molar-refractivity contribution is -0.112. The van der Waals surface area contributed by atoms with Crippen LogP contribution in [0.25, 0.3) is 11.6 Å². The molecule has 1 aliphatic heterocycles. The van der Waals surface area contributed by atoms with E-state index >= 15 is 0 Å². The Morgan fingerprint density at radius 2 is 1.91 bits per heavy atom. The summed E-state index contributed by atoms with van der Waals surface area (Å²) >= 11 is 0. The molecule has 1 heterocycles. The van der Waals surface area contributed by atoms with Crippen LogP contribution in [0.4, 0.5) is 5.69 Å². The molecule has 0 atom stereocenters. The lowest BCUT2D eigenvalue weighted by atomic mass is 10.0. The van der Waals surface area contributed by atoms with E-state index in [0.29, 0.717) is 11.1 Å². The van der Waals surface area contributed by atoms with E-state index < -0.39 is 0 Å². The van der Waals surface area contributed by atoms with Crippen LogP contribution in [0.5, 0.6) is 17.2 Å². The summed E-state index contributed by atoms with van der Waals surface area (Å²) in [5, 5.41) is 19.4. The molecule has 112 valence electrons. The van der Waals surface area contributed by atoms with E-state index in [0.717, 1.165) is 11.3 Å². The Morgan fingerprint density at radius 1 is 1.18 bits per heavy atom. The highest BCUT2D eigenvalue weighted by molar-refractivity contribution is 6.35. The maximum absolute atomic E-state index is 12.4. The fourth-order valence-electron chi connectivity index (χ4n) is 2.56. The van der Waals surface area contributed by atoms with Gasteiger partial charge >= 0.3 is 0 Å². The van der Waals surface area contributed by atoms with Crippen LogP contribution in [-0.4, -0.2) is 30.3 Å². The highest BCUT2D eigenvalue weighted by Crippen LogP contribution is 2.40. The lowest BCUT2D eigenvalue weighted by Crippen LogP contribution is -2.20. The summed E-state index contributed by atoms with van der Waals surface area (Å²) in [4.78, 5) is 14.0. The minimum atomic E-state index is -0.320. The molecule has 0 radical (unpaired) electrons. The van der Waals surface area contributed by atoms with E-state index in [1.807, 2.05) is 24.3 Å². The Balaban J connectivity index is 2.14. The Kier molecular flexibility index (Phi) is 3.25. The van der Waals surface area contributed by atoms with Gasteiger partial charge in [-0.25, -0.2) is 0 Å². The number of fused-ring (bicyclic) bond motifs is 1. The molecule has 5 heteroatoms. The number of ether oxygens (including phenoxy) is 1. The van der Waals surface area contributed by atoms with Crippen LogP contribution in [-0.2, 0) is 4.79 Å². The first-order valence-corrected chi connectivity index (χ1v) is 6.72. The lowest BCUT2D eigenvalue weighted by Gasteiger charge is -2.08. The van der Waals surface area contributed by atoms with Crippen LogP contribution in [0.15, 0.2) is 36.4 Å². The number of anilines is 1. The molecule has 2 aromatic rings. The van der Waals surface area contributed by atoms with Gasteiger partial charge in [-0.2, -0.15) is 0 Å². The Bertz CT molecular complexity index is 795. The van der Waals surface area contributed by atoms with Crippen molar-refractivity contribution in [1.29, 1.82) is 0 Å². The van der Waals surface area contributed by atoms with Crippen LogP contribution in [0.2, 0.25) is 0 Å². The van der Waals surface area contributed by atoms with Gasteiger partial charge in [-0.15, -0.1) is 0 Å². The number of rotatable bonds is 2. The zero-order valence-corrected chi connectivity index (χ0v) is 12.2. The van der Waals surface area contributed by atoms with Gasteiger partial charge in [0.2, 0.25) is 5.75 Å². The van der Waals surface area contributed by atoms with Crippen LogP contribution in [0.3, 0.4) is 0 Å². The first-order valence-electron chi connectivity index (χ1n) is 6.72. The molecule has 0 unspecified atom stereocenters. The number of methoxy groups -OCH3 is 1. The number of phenols is 2. The molecular formula is C17H15NO4. The van der Waals surface area contributed by atoms with Gasteiger partial charge in [-0.3, -0.25) is 4.79 Å². The first-order chi connectivity index (χ1) is 10.5. The van der Waals surface area contributed by atoms with E-state index in [2.05, 4.69) is 0 Å². The minimum absolute atomic E-state index is 0.118. The first kappa shape index (κ1) is 14.0. The smallest absolute Gasteiger partial charge is 0.258 e. The number of aromatic hydroxyl groups is 2. The van der Waals surface area contributed by atoms with Crippen molar-refractivity contribution in [2.45, 2.75) is 0 Å². The van der Waals surface area contributed by atoms with Gasteiger partial charge in [0.15, 0.2) is 11.5 Å². The average Bonchev–Trinajstić information content (AvgIpc) is 2.76. The standard InChI is InChI=1S/C17H15NO4/c1-18-13-6-4-3-5-11(13)12(17(18)21)7-10-8-14(19)16(20)15(9-10)22-2/h3-9,19-20H,1-2H3/b12-7+. The van der Waals surface area contributed by atoms with Crippen LogP contribution < -0.4 is 9.64 Å². The normalized spacial score (nSPS) is 15.3. The predicted molar refractivity (Wildman–Crippen MR) is 84.0 cm³/mol. The number of likely N-dealkylation sites (N-methyl/N-ethyl adjacent to an activating group) is 1. The van der Waals surface area contributed by atoms with Crippen molar-refractivity contribution in [1.82, 2.24) is 0 Å². The summed E-state index contributed by atoms with van der Waals surface area (Å²) in [5.41, 5.74) is 2.78. The van der Waals surface area contributed by atoms with Crippen LogP contribution in [0, 0.1) is 0 Å².